The van der Waals surface area contributed by atoms with Crippen LogP contribution in [0.4, 0.5) is 0 Å². The van der Waals surface area contributed by atoms with Gasteiger partial charge in [-0.25, -0.2) is 8.42 Å². The molecule has 1 aliphatic rings. The molecule has 0 radical (unpaired) electrons. The minimum atomic E-state index is -3.47. The van der Waals surface area contributed by atoms with Crippen LogP contribution in [0, 0.1) is 0 Å². The van der Waals surface area contributed by atoms with E-state index >= 15 is 0 Å². The largest absolute Gasteiger partial charge is 0.379 e. The topological polar surface area (TPSA) is 75.7 Å². The molecule has 0 saturated carbocycles. The summed E-state index contributed by atoms with van der Waals surface area (Å²) in [6, 6.07) is 10.4. The van der Waals surface area contributed by atoms with Gasteiger partial charge in [0.15, 0.2) is 9.84 Å². The van der Waals surface area contributed by atoms with Crippen LogP contribution in [0.25, 0.3) is 0 Å². The number of amides is 1. The molecule has 0 bridgehead atoms. The lowest BCUT2D eigenvalue weighted by atomic mass is 10.1. The van der Waals surface area contributed by atoms with Crippen molar-refractivity contribution in [2.24, 2.45) is 0 Å². The zero-order valence-corrected chi connectivity index (χ0v) is 16.2. The highest BCUT2D eigenvalue weighted by Crippen LogP contribution is 2.25. The van der Waals surface area contributed by atoms with E-state index in [0.717, 1.165) is 19.3 Å². The van der Waals surface area contributed by atoms with E-state index in [1.54, 1.807) is 29.5 Å². The van der Waals surface area contributed by atoms with Crippen molar-refractivity contribution in [3.63, 3.8) is 0 Å². The molecule has 2 aromatic rings. The first-order chi connectivity index (χ1) is 12.5. The summed E-state index contributed by atoms with van der Waals surface area (Å²) in [4.78, 5) is 16.2. The number of nitrogens with zero attached hydrogens (tertiary/aromatic N) is 1. The minimum absolute atomic E-state index is 0.0493. The number of hydrogen-bond donors (Lipinski definition) is 1. The molecule has 1 aromatic heterocycles. The molecule has 1 fully saturated rings. The minimum Gasteiger partial charge on any atom is -0.379 e. The summed E-state index contributed by atoms with van der Waals surface area (Å²) in [6.07, 6.45) is 1.11. The van der Waals surface area contributed by atoms with Crippen LogP contribution in [-0.4, -0.2) is 58.3 Å². The zero-order chi connectivity index (χ0) is 18.6. The second-order valence-corrected chi connectivity index (χ2v) is 9.12. The number of thiophene rings is 1. The summed E-state index contributed by atoms with van der Waals surface area (Å²) in [5.41, 5.74) is 0.182. The number of carbonyl (C=O) groups is 1. The van der Waals surface area contributed by atoms with Crippen LogP contribution >= 0.6 is 11.3 Å². The Labute approximate surface area is 157 Å². The fourth-order valence-corrected chi connectivity index (χ4v) is 4.79. The van der Waals surface area contributed by atoms with E-state index in [-0.39, 0.29) is 22.4 Å². The van der Waals surface area contributed by atoms with Crippen LogP contribution in [-0.2, 0) is 14.6 Å². The van der Waals surface area contributed by atoms with E-state index in [2.05, 4.69) is 16.3 Å². The van der Waals surface area contributed by atoms with Crippen LogP contribution in [0.5, 0.6) is 0 Å². The SMILES string of the molecule is CS(=O)(=O)c1ccccc1C(=O)NC[C@@H](c1cccs1)N1CCOCC1. The molecule has 1 aromatic carbocycles. The van der Waals surface area contributed by atoms with Gasteiger partial charge in [0.1, 0.15) is 0 Å². The van der Waals surface area contributed by atoms with Crippen molar-refractivity contribution >= 4 is 27.1 Å². The highest BCUT2D eigenvalue weighted by molar-refractivity contribution is 7.90. The van der Waals surface area contributed by atoms with E-state index in [0.29, 0.717) is 19.8 Å². The maximum atomic E-state index is 12.7. The molecule has 8 heteroatoms. The lowest BCUT2D eigenvalue weighted by Crippen LogP contribution is -2.43. The van der Waals surface area contributed by atoms with Gasteiger partial charge in [-0.15, -0.1) is 11.3 Å². The number of rotatable bonds is 6. The van der Waals surface area contributed by atoms with Crippen molar-refractivity contribution < 1.29 is 17.9 Å². The second-order valence-electron chi connectivity index (χ2n) is 6.16. The average molecular weight is 395 g/mol. The maximum absolute atomic E-state index is 12.7. The van der Waals surface area contributed by atoms with Crippen LogP contribution < -0.4 is 5.32 Å². The normalized spacial score (nSPS) is 17.0. The monoisotopic (exact) mass is 394 g/mol. The Hall–Kier alpha value is -1.74. The van der Waals surface area contributed by atoms with Gasteiger partial charge in [-0.1, -0.05) is 18.2 Å². The zero-order valence-electron chi connectivity index (χ0n) is 14.6. The number of ether oxygens (including phenoxy) is 1. The third-order valence-corrected chi connectivity index (χ3v) is 6.47. The lowest BCUT2D eigenvalue weighted by molar-refractivity contribution is 0.0169. The predicted octanol–water partition coefficient (Wildman–Crippen LogP) is 1.95. The van der Waals surface area contributed by atoms with Crippen molar-refractivity contribution in [2.45, 2.75) is 10.9 Å². The van der Waals surface area contributed by atoms with Gasteiger partial charge in [0.05, 0.1) is 29.7 Å². The van der Waals surface area contributed by atoms with Gasteiger partial charge in [-0.2, -0.15) is 0 Å². The summed E-state index contributed by atoms with van der Waals surface area (Å²) < 4.78 is 29.3. The highest BCUT2D eigenvalue weighted by atomic mass is 32.2. The van der Waals surface area contributed by atoms with Crippen molar-refractivity contribution in [2.75, 3.05) is 39.1 Å². The number of morpholine rings is 1. The molecular formula is C18H22N2O4S2. The Balaban J connectivity index is 1.76. The van der Waals surface area contributed by atoms with Gasteiger partial charge in [0.2, 0.25) is 0 Å². The molecule has 2 heterocycles. The molecule has 0 spiro atoms. The quantitative estimate of drug-likeness (QED) is 0.811. The van der Waals surface area contributed by atoms with Gasteiger partial charge in [0, 0.05) is 30.8 Å². The average Bonchev–Trinajstić information content (AvgIpc) is 3.16. The predicted molar refractivity (Wildman–Crippen MR) is 101 cm³/mol. The molecule has 1 saturated heterocycles. The molecule has 1 N–H and O–H groups in total. The second kappa shape index (κ2) is 8.30. The molecule has 6 nitrogen and oxygen atoms in total. The van der Waals surface area contributed by atoms with Crippen molar-refractivity contribution in [3.05, 3.63) is 52.2 Å². The summed E-state index contributed by atoms with van der Waals surface area (Å²) in [5, 5.41) is 4.94. The summed E-state index contributed by atoms with van der Waals surface area (Å²) in [5.74, 6) is -0.374. The van der Waals surface area contributed by atoms with Gasteiger partial charge in [-0.05, 0) is 23.6 Å². The summed E-state index contributed by atoms with van der Waals surface area (Å²) >= 11 is 1.65. The lowest BCUT2D eigenvalue weighted by Gasteiger charge is -2.34. The fourth-order valence-electron chi connectivity index (χ4n) is 3.04. The molecule has 3 rings (SSSR count). The third-order valence-electron chi connectivity index (χ3n) is 4.35. The van der Waals surface area contributed by atoms with E-state index in [9.17, 15) is 13.2 Å². The van der Waals surface area contributed by atoms with E-state index < -0.39 is 9.84 Å². The molecular weight excluding hydrogens is 372 g/mol. The van der Waals surface area contributed by atoms with Gasteiger partial charge < -0.3 is 10.1 Å². The van der Waals surface area contributed by atoms with Crippen LogP contribution in [0.1, 0.15) is 21.3 Å². The Morgan fingerprint density at radius 3 is 2.62 bits per heavy atom. The van der Waals surface area contributed by atoms with Gasteiger partial charge in [-0.3, -0.25) is 9.69 Å². The molecule has 1 amide bonds. The smallest absolute Gasteiger partial charge is 0.252 e. The number of nitrogens with one attached hydrogen (secondary N) is 1. The molecule has 1 aliphatic heterocycles. The molecule has 0 aliphatic carbocycles. The van der Waals surface area contributed by atoms with Crippen molar-refractivity contribution in [1.29, 1.82) is 0 Å². The Morgan fingerprint density at radius 1 is 1.23 bits per heavy atom. The van der Waals surface area contributed by atoms with E-state index in [1.165, 1.54) is 10.9 Å². The number of hydrogen-bond acceptors (Lipinski definition) is 6. The number of benzene rings is 1. The third kappa shape index (κ3) is 4.50. The summed E-state index contributed by atoms with van der Waals surface area (Å²) in [7, 11) is -3.47. The Bertz CT molecular complexity index is 844. The van der Waals surface area contributed by atoms with E-state index in [1.807, 2.05) is 11.4 Å². The van der Waals surface area contributed by atoms with Crippen LogP contribution in [0.3, 0.4) is 0 Å². The highest BCUT2D eigenvalue weighted by Gasteiger charge is 2.25. The van der Waals surface area contributed by atoms with Crippen LogP contribution in [0.15, 0.2) is 46.7 Å². The van der Waals surface area contributed by atoms with Crippen molar-refractivity contribution in [1.82, 2.24) is 10.2 Å². The molecule has 0 unspecified atom stereocenters. The number of sulfone groups is 1. The summed E-state index contributed by atoms with van der Waals surface area (Å²) in [6.45, 7) is 3.37. The first-order valence-corrected chi connectivity index (χ1v) is 11.2. The Morgan fingerprint density at radius 2 is 1.96 bits per heavy atom. The van der Waals surface area contributed by atoms with Gasteiger partial charge in [0.25, 0.3) is 5.91 Å². The van der Waals surface area contributed by atoms with Crippen LogP contribution in [0.2, 0.25) is 0 Å². The molecule has 26 heavy (non-hydrogen) atoms. The molecule has 1 atom stereocenters. The number of carbonyl (C=O) groups excluding carboxylic acids is 1. The van der Waals surface area contributed by atoms with Gasteiger partial charge >= 0.3 is 0 Å². The Kier molecular flexibility index (Phi) is 6.08. The standard InChI is InChI=1S/C18H22N2O4S2/c1-26(22,23)17-7-3-2-5-14(17)18(21)19-13-15(16-6-4-12-25-16)20-8-10-24-11-9-20/h2-7,12,15H,8-11,13H2,1H3,(H,19,21)/t15-/m0/s1. The maximum Gasteiger partial charge on any atom is 0.252 e. The first-order valence-electron chi connectivity index (χ1n) is 8.39. The fraction of sp³-hybridized carbons (Fsp3) is 0.389. The van der Waals surface area contributed by atoms with E-state index in [4.69, 9.17) is 4.74 Å². The first kappa shape index (κ1) is 19.0. The molecule has 140 valence electrons. The van der Waals surface area contributed by atoms with Crippen molar-refractivity contribution in [3.8, 4) is 0 Å².